The normalized spacial score (nSPS) is 12.0. The van der Waals surface area contributed by atoms with Crippen molar-refractivity contribution in [2.24, 2.45) is 0 Å². The Morgan fingerprint density at radius 2 is 0.613 bits per heavy atom. The molecule has 0 aliphatic heterocycles. The molecule has 0 saturated carbocycles. The average molecular weight is 1030 g/mol. The molecule has 0 fully saturated rings. The van der Waals surface area contributed by atoms with Crippen molar-refractivity contribution in [3.05, 3.63) is 248 Å². The first-order chi connectivity index (χ1) is 39.7. The van der Waals surface area contributed by atoms with E-state index in [-0.39, 0.29) is 0 Å². The van der Waals surface area contributed by atoms with Gasteiger partial charge in [-0.05, 0) is 60.7 Å². The van der Waals surface area contributed by atoms with E-state index < -0.39 is 0 Å². The van der Waals surface area contributed by atoms with E-state index in [0.29, 0.717) is 62.3 Å². The summed E-state index contributed by atoms with van der Waals surface area (Å²) in [4.78, 5) is 11.2. The zero-order valence-electron chi connectivity index (χ0n) is 42.5. The predicted molar refractivity (Wildman–Crippen MR) is 321 cm³/mol. The van der Waals surface area contributed by atoms with Crippen LogP contribution in [0.5, 0.6) is 0 Å². The lowest BCUT2D eigenvalue weighted by Gasteiger charge is -2.27. The highest BCUT2D eigenvalue weighted by molar-refractivity contribution is 6.24. The summed E-state index contributed by atoms with van der Waals surface area (Å²) in [6, 6.07) is 85.3. The third kappa shape index (κ3) is 6.15. The van der Waals surface area contributed by atoms with Crippen LogP contribution < -0.4 is 0 Å². The molecule has 17 aromatic rings. The molecule has 8 heterocycles. The van der Waals surface area contributed by atoms with Gasteiger partial charge in [0.1, 0.15) is 22.8 Å². The van der Waals surface area contributed by atoms with Crippen LogP contribution in [0, 0.1) is 11.3 Å². The molecule has 0 aliphatic rings. The van der Waals surface area contributed by atoms with Crippen LogP contribution in [-0.4, -0.2) is 23.7 Å². The lowest BCUT2D eigenvalue weighted by Crippen LogP contribution is -2.15. The SMILES string of the molecule is N#Cc1c(-c2cccc(-c3ccccc3)n2)c(-n2c3ccccc3c3c4ccccc4oc32)c(-n2c3ccccc3c3c4ccccc4oc32)c(-n2c3ccccc3c3c4ccccc4oc32)c1-c1cccc(-c2ccccc2)n1. The van der Waals surface area contributed by atoms with E-state index in [1.165, 1.54) is 0 Å². The Labute approximate surface area is 455 Å². The monoisotopic (exact) mass is 1020 g/mol. The average Bonchev–Trinajstić information content (AvgIpc) is 4.48. The van der Waals surface area contributed by atoms with Gasteiger partial charge in [0.05, 0.1) is 78.1 Å². The Morgan fingerprint density at radius 3 is 0.988 bits per heavy atom. The first kappa shape index (κ1) is 44.0. The first-order valence-electron chi connectivity index (χ1n) is 26.6. The Morgan fingerprint density at radius 1 is 0.300 bits per heavy atom. The van der Waals surface area contributed by atoms with Crippen molar-refractivity contribution < 1.29 is 13.3 Å². The molecule has 0 bridgehead atoms. The summed E-state index contributed by atoms with van der Waals surface area (Å²) < 4.78 is 28.5. The topological polar surface area (TPSA) is 104 Å². The molecular weight excluding hydrogens is 985 g/mol. The molecule has 9 heteroatoms. The van der Waals surface area contributed by atoms with E-state index >= 15 is 0 Å². The molecule has 17 rings (SSSR count). The molecular formula is C71H40N6O3. The van der Waals surface area contributed by atoms with Crippen molar-refractivity contribution in [1.82, 2.24) is 23.7 Å². The third-order valence-electron chi connectivity index (χ3n) is 15.9. The van der Waals surface area contributed by atoms with Crippen LogP contribution in [0.2, 0.25) is 0 Å². The fourth-order valence-corrected chi connectivity index (χ4v) is 12.6. The van der Waals surface area contributed by atoms with Crippen molar-refractivity contribution in [1.29, 1.82) is 5.26 Å². The number of hydrogen-bond acceptors (Lipinski definition) is 6. The van der Waals surface area contributed by atoms with E-state index in [1.54, 1.807) is 0 Å². The van der Waals surface area contributed by atoms with Crippen molar-refractivity contribution in [3.8, 4) is 68.2 Å². The number of hydrogen-bond donors (Lipinski definition) is 0. The zero-order valence-corrected chi connectivity index (χ0v) is 42.5. The highest BCUT2D eigenvalue weighted by atomic mass is 16.4. The Hall–Kier alpha value is -11.2. The number of nitrogens with zero attached hydrogens (tertiary/aromatic N) is 6. The number of nitriles is 1. The van der Waals surface area contributed by atoms with Gasteiger partial charge in [0.15, 0.2) is 0 Å². The number of aromatic nitrogens is 5. The number of furan rings is 3. The molecule has 0 radical (unpaired) electrons. The van der Waals surface area contributed by atoms with Gasteiger partial charge in [-0.25, -0.2) is 9.97 Å². The molecule has 0 atom stereocenters. The molecule has 372 valence electrons. The number of pyridine rings is 2. The number of para-hydroxylation sites is 6. The Bertz CT molecular complexity index is 5190. The summed E-state index contributed by atoms with van der Waals surface area (Å²) in [7, 11) is 0. The summed E-state index contributed by atoms with van der Waals surface area (Å²) in [5, 5.41) is 21.4. The molecule has 9 aromatic carbocycles. The maximum absolute atomic E-state index is 12.7. The minimum atomic E-state index is 0.343. The van der Waals surface area contributed by atoms with Gasteiger partial charge in [-0.2, -0.15) is 5.26 Å². The standard InChI is InChI=1S/C71H40N6O3/c72-41-50-64(53-33-19-31-51(73-53)42-21-3-1-4-22-42)66(75-55-35-13-7-25-44(55)61-47-28-10-16-38-58(47)78-69(61)75)68(77-57-37-15-9-27-46(57)63-49-30-12-18-40-60(49)80-71(63)77)67(65(50)54-34-20-32-52(74-54)43-23-5-2-6-24-43)76-56-36-14-8-26-45(56)62-48-29-11-17-39-59(48)79-70(62)76/h1-40H. The van der Waals surface area contributed by atoms with Crippen LogP contribution in [-0.2, 0) is 0 Å². The van der Waals surface area contributed by atoms with Crippen LogP contribution >= 0.6 is 0 Å². The molecule has 0 amide bonds. The molecule has 9 nitrogen and oxygen atoms in total. The number of rotatable bonds is 7. The molecule has 0 saturated heterocycles. The second-order valence-electron chi connectivity index (χ2n) is 20.2. The van der Waals surface area contributed by atoms with E-state index in [0.717, 1.165) is 104 Å². The fourth-order valence-electron chi connectivity index (χ4n) is 12.6. The van der Waals surface area contributed by atoms with Crippen molar-refractivity contribution in [3.63, 3.8) is 0 Å². The van der Waals surface area contributed by atoms with Crippen molar-refractivity contribution in [2.75, 3.05) is 0 Å². The lowest BCUT2D eigenvalue weighted by molar-refractivity contribution is 0.637. The summed E-state index contributed by atoms with van der Waals surface area (Å²) in [6.07, 6.45) is 0. The molecule has 0 N–H and O–H groups in total. The van der Waals surface area contributed by atoms with Gasteiger partial charge in [0, 0.05) is 54.6 Å². The Kier molecular flexibility index (Phi) is 9.29. The lowest BCUT2D eigenvalue weighted by atomic mass is 9.90. The fraction of sp³-hybridized carbons (Fsp3) is 0. The molecule has 8 aromatic heterocycles. The highest BCUT2D eigenvalue weighted by Gasteiger charge is 2.37. The van der Waals surface area contributed by atoms with Gasteiger partial charge < -0.3 is 13.3 Å². The smallest absolute Gasteiger partial charge is 0.213 e. The van der Waals surface area contributed by atoms with E-state index in [2.05, 4.69) is 153 Å². The van der Waals surface area contributed by atoms with Crippen molar-refractivity contribution >= 4 is 98.9 Å². The minimum Gasteiger partial charge on any atom is -0.439 e. The van der Waals surface area contributed by atoms with E-state index in [4.69, 9.17) is 23.2 Å². The maximum Gasteiger partial charge on any atom is 0.213 e. The molecule has 0 aliphatic carbocycles. The molecule has 0 spiro atoms. The zero-order chi connectivity index (χ0) is 52.6. The van der Waals surface area contributed by atoms with Crippen LogP contribution in [0.25, 0.3) is 161 Å². The van der Waals surface area contributed by atoms with Gasteiger partial charge in [-0.3, -0.25) is 13.7 Å². The van der Waals surface area contributed by atoms with E-state index in [1.807, 2.05) is 109 Å². The van der Waals surface area contributed by atoms with Gasteiger partial charge in [0.2, 0.25) is 17.1 Å². The third-order valence-corrected chi connectivity index (χ3v) is 15.9. The Balaban J connectivity index is 1.20. The second-order valence-corrected chi connectivity index (χ2v) is 20.2. The molecule has 80 heavy (non-hydrogen) atoms. The summed E-state index contributed by atoms with van der Waals surface area (Å²) in [6.45, 7) is 0. The summed E-state index contributed by atoms with van der Waals surface area (Å²) in [5.74, 6) is 0. The largest absolute Gasteiger partial charge is 0.439 e. The van der Waals surface area contributed by atoms with Gasteiger partial charge in [-0.15, -0.1) is 0 Å². The quantitative estimate of drug-likeness (QED) is 0.158. The number of fused-ring (bicyclic) bond motifs is 15. The maximum atomic E-state index is 12.7. The van der Waals surface area contributed by atoms with Crippen LogP contribution in [0.15, 0.2) is 256 Å². The van der Waals surface area contributed by atoms with Gasteiger partial charge >= 0.3 is 0 Å². The minimum absolute atomic E-state index is 0.343. The summed E-state index contributed by atoms with van der Waals surface area (Å²) in [5.41, 5.74) is 14.5. The van der Waals surface area contributed by atoms with Gasteiger partial charge in [-0.1, -0.05) is 182 Å². The number of benzene rings is 9. The van der Waals surface area contributed by atoms with Gasteiger partial charge in [0.25, 0.3) is 0 Å². The second kappa shape index (κ2) is 16.9. The summed E-state index contributed by atoms with van der Waals surface area (Å²) >= 11 is 0. The van der Waals surface area contributed by atoms with Crippen LogP contribution in [0.3, 0.4) is 0 Å². The van der Waals surface area contributed by atoms with Crippen LogP contribution in [0.4, 0.5) is 0 Å². The highest BCUT2D eigenvalue weighted by Crippen LogP contribution is 2.54. The van der Waals surface area contributed by atoms with E-state index in [9.17, 15) is 5.26 Å². The first-order valence-corrected chi connectivity index (χ1v) is 26.6. The predicted octanol–water partition coefficient (Wildman–Crippen LogP) is 18.5. The van der Waals surface area contributed by atoms with Crippen molar-refractivity contribution in [2.45, 2.75) is 0 Å². The molecule has 0 unspecified atom stereocenters. The van der Waals surface area contributed by atoms with Crippen LogP contribution in [0.1, 0.15) is 5.56 Å².